The molecule has 2 amide bonds. The van der Waals surface area contributed by atoms with E-state index in [-0.39, 0.29) is 18.4 Å². The molecule has 2 aromatic heterocycles. The van der Waals surface area contributed by atoms with Crippen LogP contribution in [0.25, 0.3) is 10.4 Å². The first kappa shape index (κ1) is 20.1. The summed E-state index contributed by atoms with van der Waals surface area (Å²) in [6.45, 7) is 1.47. The molecule has 1 fully saturated rings. The van der Waals surface area contributed by atoms with Crippen LogP contribution in [-0.4, -0.2) is 41.4 Å². The molecule has 0 unspecified atom stereocenters. The number of carbonyl (C=O) groups excluding carboxylic acids is 2. The lowest BCUT2D eigenvalue weighted by Gasteiger charge is -2.26. The average molecular weight is 422 g/mol. The molecule has 0 atom stereocenters. The number of nitrogens with zero attached hydrogens (tertiary/aromatic N) is 2. The van der Waals surface area contributed by atoms with Crippen LogP contribution >= 0.6 is 11.3 Å². The van der Waals surface area contributed by atoms with Gasteiger partial charge in [-0.3, -0.25) is 9.59 Å². The zero-order chi connectivity index (χ0) is 20.8. The molecule has 154 valence electrons. The number of hydrogen-bond donors (Lipinski definition) is 1. The van der Waals surface area contributed by atoms with E-state index in [1.807, 2.05) is 41.3 Å². The highest BCUT2D eigenvalue weighted by Gasteiger charge is 2.22. The van der Waals surface area contributed by atoms with Crippen LogP contribution < -0.4 is 10.1 Å². The van der Waals surface area contributed by atoms with Gasteiger partial charge in [0, 0.05) is 24.2 Å². The highest BCUT2D eigenvalue weighted by Crippen LogP contribution is 2.36. The molecule has 3 aromatic rings. The Morgan fingerprint density at radius 3 is 2.53 bits per heavy atom. The molecule has 0 bridgehead atoms. The second-order valence-corrected chi connectivity index (χ2v) is 8.12. The number of likely N-dealkylation sites (tertiary alicyclic amines) is 1. The number of piperidine rings is 1. The van der Waals surface area contributed by atoms with Gasteiger partial charge in [-0.1, -0.05) is 36.4 Å². The fourth-order valence-corrected chi connectivity index (χ4v) is 4.37. The van der Waals surface area contributed by atoms with Gasteiger partial charge < -0.3 is 15.0 Å². The molecule has 6 nitrogen and oxygen atoms in total. The number of thiophene rings is 1. The number of aromatic nitrogens is 1. The smallest absolute Gasteiger partial charge is 0.270 e. The maximum Gasteiger partial charge on any atom is 0.270 e. The SMILES string of the molecule is O=C(Nc1ccccn1)c1sc(-c2ccccc2)cc1OCC(=O)N1CCCCC1. The molecule has 0 saturated carbocycles. The Balaban J connectivity index is 1.54. The van der Waals surface area contributed by atoms with Gasteiger partial charge in [0.25, 0.3) is 11.8 Å². The van der Waals surface area contributed by atoms with E-state index in [0.29, 0.717) is 16.4 Å². The van der Waals surface area contributed by atoms with Crippen molar-refractivity contribution in [3.63, 3.8) is 0 Å². The molecule has 0 aliphatic carbocycles. The van der Waals surface area contributed by atoms with Crippen LogP contribution in [0.3, 0.4) is 0 Å². The fourth-order valence-electron chi connectivity index (χ4n) is 3.37. The summed E-state index contributed by atoms with van der Waals surface area (Å²) in [5.74, 6) is 0.532. The van der Waals surface area contributed by atoms with E-state index < -0.39 is 0 Å². The number of hydrogen-bond acceptors (Lipinski definition) is 5. The van der Waals surface area contributed by atoms with Crippen molar-refractivity contribution in [2.75, 3.05) is 25.0 Å². The third-order valence-corrected chi connectivity index (χ3v) is 6.09. The third kappa shape index (κ3) is 4.86. The maximum absolute atomic E-state index is 12.9. The molecule has 3 heterocycles. The molecule has 1 aliphatic rings. The van der Waals surface area contributed by atoms with Crippen LogP contribution in [0.5, 0.6) is 5.75 Å². The number of anilines is 1. The topological polar surface area (TPSA) is 71.5 Å². The van der Waals surface area contributed by atoms with Gasteiger partial charge in [-0.05, 0) is 43.0 Å². The minimum Gasteiger partial charge on any atom is -0.482 e. The lowest BCUT2D eigenvalue weighted by molar-refractivity contribution is -0.134. The van der Waals surface area contributed by atoms with Crippen LogP contribution in [0.15, 0.2) is 60.8 Å². The van der Waals surface area contributed by atoms with Gasteiger partial charge in [0.15, 0.2) is 6.61 Å². The number of benzene rings is 1. The van der Waals surface area contributed by atoms with Gasteiger partial charge in [0.2, 0.25) is 0 Å². The summed E-state index contributed by atoms with van der Waals surface area (Å²) in [5, 5.41) is 2.80. The maximum atomic E-state index is 12.9. The number of amides is 2. The van der Waals surface area contributed by atoms with Crippen molar-refractivity contribution in [2.45, 2.75) is 19.3 Å². The van der Waals surface area contributed by atoms with Gasteiger partial charge in [0.1, 0.15) is 16.4 Å². The molecule has 7 heteroatoms. The normalized spacial score (nSPS) is 13.7. The van der Waals surface area contributed by atoms with Crippen molar-refractivity contribution in [1.29, 1.82) is 0 Å². The largest absolute Gasteiger partial charge is 0.482 e. The van der Waals surface area contributed by atoms with Crippen molar-refractivity contribution in [1.82, 2.24) is 9.88 Å². The molecule has 4 rings (SSSR count). The predicted octanol–water partition coefficient (Wildman–Crippen LogP) is 4.45. The molecule has 0 spiro atoms. The summed E-state index contributed by atoms with van der Waals surface area (Å²) >= 11 is 1.34. The number of ether oxygens (including phenoxy) is 1. The predicted molar refractivity (Wildman–Crippen MR) is 118 cm³/mol. The second kappa shape index (κ2) is 9.54. The fraction of sp³-hybridized carbons (Fsp3) is 0.261. The highest BCUT2D eigenvalue weighted by molar-refractivity contribution is 7.17. The summed E-state index contributed by atoms with van der Waals surface area (Å²) in [5.41, 5.74) is 0.992. The summed E-state index contributed by atoms with van der Waals surface area (Å²) in [6, 6.07) is 17.0. The van der Waals surface area contributed by atoms with E-state index in [1.54, 1.807) is 24.4 Å². The van der Waals surface area contributed by atoms with E-state index in [1.165, 1.54) is 11.3 Å². The highest BCUT2D eigenvalue weighted by atomic mass is 32.1. The molecular weight excluding hydrogens is 398 g/mol. The summed E-state index contributed by atoms with van der Waals surface area (Å²) in [4.78, 5) is 32.7. The van der Waals surface area contributed by atoms with Crippen molar-refractivity contribution in [3.8, 4) is 16.2 Å². The van der Waals surface area contributed by atoms with Gasteiger partial charge >= 0.3 is 0 Å². The average Bonchev–Trinajstić information content (AvgIpc) is 3.24. The van der Waals surface area contributed by atoms with Crippen LogP contribution in [0.4, 0.5) is 5.82 Å². The zero-order valence-electron chi connectivity index (χ0n) is 16.5. The van der Waals surface area contributed by atoms with Gasteiger partial charge in [-0.15, -0.1) is 11.3 Å². The van der Waals surface area contributed by atoms with Crippen molar-refractivity contribution >= 4 is 29.0 Å². The Bertz CT molecular complexity index is 999. The lowest BCUT2D eigenvalue weighted by atomic mass is 10.1. The van der Waals surface area contributed by atoms with Crippen molar-refractivity contribution in [2.24, 2.45) is 0 Å². The van der Waals surface area contributed by atoms with Crippen LogP contribution in [0, 0.1) is 0 Å². The Labute approximate surface area is 179 Å². The molecule has 30 heavy (non-hydrogen) atoms. The summed E-state index contributed by atoms with van der Waals surface area (Å²) in [7, 11) is 0. The van der Waals surface area contributed by atoms with Gasteiger partial charge in [-0.25, -0.2) is 4.98 Å². The van der Waals surface area contributed by atoms with E-state index in [4.69, 9.17) is 4.74 Å². The van der Waals surface area contributed by atoms with Gasteiger partial charge in [0.05, 0.1) is 0 Å². The first-order valence-corrected chi connectivity index (χ1v) is 10.8. The minimum absolute atomic E-state index is 0.0433. The zero-order valence-corrected chi connectivity index (χ0v) is 17.4. The molecule has 1 aliphatic heterocycles. The van der Waals surface area contributed by atoms with Gasteiger partial charge in [-0.2, -0.15) is 0 Å². The third-order valence-electron chi connectivity index (χ3n) is 4.93. The number of nitrogens with one attached hydrogen (secondary N) is 1. The number of pyridine rings is 1. The first-order chi connectivity index (χ1) is 14.7. The Morgan fingerprint density at radius 1 is 1.03 bits per heavy atom. The van der Waals surface area contributed by atoms with Crippen molar-refractivity contribution < 1.29 is 14.3 Å². The molecule has 1 aromatic carbocycles. The Kier molecular flexibility index (Phi) is 6.39. The number of carbonyl (C=O) groups is 2. The molecule has 1 saturated heterocycles. The first-order valence-electron chi connectivity index (χ1n) is 10.0. The number of rotatable bonds is 6. The van der Waals surface area contributed by atoms with Crippen LogP contribution in [-0.2, 0) is 4.79 Å². The van der Waals surface area contributed by atoms with E-state index >= 15 is 0 Å². The molecular formula is C23H23N3O3S. The molecule has 0 radical (unpaired) electrons. The monoisotopic (exact) mass is 421 g/mol. The molecule has 1 N–H and O–H groups in total. The standard InChI is InChI=1S/C23H23N3O3S/c27-21(26-13-7-2-8-14-26)16-29-18-15-19(17-9-3-1-4-10-17)30-22(18)23(28)25-20-11-5-6-12-24-20/h1,3-6,9-12,15H,2,7-8,13-14,16H2,(H,24,25,28). The minimum atomic E-state index is -0.304. The van der Waals surface area contributed by atoms with Crippen LogP contribution in [0.2, 0.25) is 0 Å². The van der Waals surface area contributed by atoms with E-state index in [0.717, 1.165) is 42.8 Å². The summed E-state index contributed by atoms with van der Waals surface area (Å²) < 4.78 is 5.85. The Hall–Kier alpha value is -3.19. The second-order valence-electron chi connectivity index (χ2n) is 7.07. The van der Waals surface area contributed by atoms with Crippen molar-refractivity contribution in [3.05, 3.63) is 65.7 Å². The quantitative estimate of drug-likeness (QED) is 0.638. The lowest BCUT2D eigenvalue weighted by Crippen LogP contribution is -2.38. The van der Waals surface area contributed by atoms with E-state index in [2.05, 4.69) is 10.3 Å². The van der Waals surface area contributed by atoms with E-state index in [9.17, 15) is 9.59 Å². The summed E-state index contributed by atoms with van der Waals surface area (Å²) in [6.07, 6.45) is 4.84. The van der Waals surface area contributed by atoms with Crippen LogP contribution in [0.1, 0.15) is 28.9 Å². The Morgan fingerprint density at radius 2 is 1.80 bits per heavy atom.